The maximum absolute atomic E-state index is 12.2. The Hall–Kier alpha value is -1.56. The molecule has 1 saturated heterocycles. The quantitative estimate of drug-likeness (QED) is 0.712. The summed E-state index contributed by atoms with van der Waals surface area (Å²) in [6, 6.07) is 3.79. The molecule has 1 aromatic rings. The molecular formula is C15H21ClF3N3O4S. The van der Waals surface area contributed by atoms with Crippen LogP contribution < -0.4 is 14.8 Å². The number of nitrogens with one attached hydrogen (secondary N) is 2. The first kappa shape index (κ1) is 23.5. The van der Waals surface area contributed by atoms with E-state index in [-0.39, 0.29) is 29.3 Å². The Kier molecular flexibility index (Phi) is 8.33. The first-order chi connectivity index (χ1) is 12.1. The minimum absolute atomic E-state index is 0. The van der Waals surface area contributed by atoms with Crippen molar-refractivity contribution in [2.75, 3.05) is 26.7 Å². The van der Waals surface area contributed by atoms with Crippen LogP contribution in [0.15, 0.2) is 29.2 Å². The van der Waals surface area contributed by atoms with Crippen LogP contribution in [-0.4, -0.2) is 58.3 Å². The molecule has 1 fully saturated rings. The van der Waals surface area contributed by atoms with Crippen LogP contribution in [0.2, 0.25) is 0 Å². The number of benzene rings is 1. The fourth-order valence-electron chi connectivity index (χ4n) is 2.58. The van der Waals surface area contributed by atoms with Gasteiger partial charge in [-0.2, -0.15) is 0 Å². The van der Waals surface area contributed by atoms with Crippen LogP contribution in [0, 0.1) is 0 Å². The van der Waals surface area contributed by atoms with Gasteiger partial charge in [-0.25, -0.2) is 13.1 Å². The molecule has 1 amide bonds. The summed E-state index contributed by atoms with van der Waals surface area (Å²) in [7, 11) is -2.41. The summed E-state index contributed by atoms with van der Waals surface area (Å²) in [6.07, 6.45) is -3.28. The first-order valence-corrected chi connectivity index (χ1v) is 9.39. The van der Waals surface area contributed by atoms with Gasteiger partial charge >= 0.3 is 6.36 Å². The molecule has 12 heteroatoms. The van der Waals surface area contributed by atoms with Crippen molar-refractivity contribution < 1.29 is 31.1 Å². The second kappa shape index (κ2) is 9.58. The zero-order valence-corrected chi connectivity index (χ0v) is 16.1. The third kappa shape index (κ3) is 7.17. The van der Waals surface area contributed by atoms with Crippen LogP contribution >= 0.6 is 12.4 Å². The largest absolute Gasteiger partial charge is 0.573 e. The summed E-state index contributed by atoms with van der Waals surface area (Å²) in [5.74, 6) is -0.907. The fourth-order valence-corrected chi connectivity index (χ4v) is 3.56. The standard InChI is InChI=1S/C15H20F3N3O4S.ClH/c1-21(11-6-8-19-9-7-11)14(22)10-20-26(23,24)13-4-2-12(3-5-13)25-15(16,17)18;/h2-5,11,19-20H,6-10H2,1H3;1H. The smallest absolute Gasteiger partial charge is 0.406 e. The highest BCUT2D eigenvalue weighted by Crippen LogP contribution is 2.23. The van der Waals surface area contributed by atoms with Crippen LogP contribution in [0.5, 0.6) is 5.75 Å². The van der Waals surface area contributed by atoms with E-state index < -0.39 is 28.7 Å². The van der Waals surface area contributed by atoms with Crippen molar-refractivity contribution in [3.8, 4) is 5.75 Å². The molecule has 1 aromatic carbocycles. The zero-order valence-electron chi connectivity index (χ0n) is 14.5. The third-order valence-electron chi connectivity index (χ3n) is 4.03. The lowest BCUT2D eigenvalue weighted by Gasteiger charge is -2.31. The van der Waals surface area contributed by atoms with Crippen molar-refractivity contribution in [3.63, 3.8) is 0 Å². The molecule has 2 N–H and O–H groups in total. The van der Waals surface area contributed by atoms with Gasteiger partial charge in [0, 0.05) is 13.1 Å². The number of amides is 1. The van der Waals surface area contributed by atoms with Crippen LogP contribution in [-0.2, 0) is 14.8 Å². The second-order valence-corrected chi connectivity index (χ2v) is 7.60. The lowest BCUT2D eigenvalue weighted by molar-refractivity contribution is -0.274. The summed E-state index contributed by atoms with van der Waals surface area (Å²) in [6.45, 7) is 1.16. The Labute approximate surface area is 161 Å². The SMILES string of the molecule is CN(C(=O)CNS(=O)(=O)c1ccc(OC(F)(F)F)cc1)C1CCNCC1.Cl. The highest BCUT2D eigenvalue weighted by molar-refractivity contribution is 7.89. The van der Waals surface area contributed by atoms with Crippen LogP contribution in [0.1, 0.15) is 12.8 Å². The molecule has 2 rings (SSSR count). The molecular weight excluding hydrogens is 411 g/mol. The molecule has 0 radical (unpaired) electrons. The molecule has 0 aliphatic carbocycles. The summed E-state index contributed by atoms with van der Waals surface area (Å²) < 4.78 is 66.6. The molecule has 0 bridgehead atoms. The van der Waals surface area contributed by atoms with E-state index in [1.165, 1.54) is 4.90 Å². The number of sulfonamides is 1. The van der Waals surface area contributed by atoms with Crippen molar-refractivity contribution in [1.29, 1.82) is 0 Å². The minimum Gasteiger partial charge on any atom is -0.406 e. The molecule has 7 nitrogen and oxygen atoms in total. The number of likely N-dealkylation sites (N-methyl/N-ethyl adjacent to an activating group) is 1. The molecule has 0 atom stereocenters. The number of carbonyl (C=O) groups excluding carboxylic acids is 1. The number of hydrogen-bond donors (Lipinski definition) is 2. The van der Waals surface area contributed by atoms with E-state index >= 15 is 0 Å². The van der Waals surface area contributed by atoms with Gasteiger partial charge in [-0.05, 0) is 50.2 Å². The van der Waals surface area contributed by atoms with E-state index in [4.69, 9.17) is 0 Å². The van der Waals surface area contributed by atoms with Crippen LogP contribution in [0.4, 0.5) is 13.2 Å². The number of halogens is 4. The average molecular weight is 432 g/mol. The maximum Gasteiger partial charge on any atom is 0.573 e. The van der Waals surface area contributed by atoms with Crippen molar-refractivity contribution >= 4 is 28.3 Å². The van der Waals surface area contributed by atoms with E-state index in [0.717, 1.165) is 50.2 Å². The number of ether oxygens (including phenoxy) is 1. The lowest BCUT2D eigenvalue weighted by Crippen LogP contribution is -2.47. The van der Waals surface area contributed by atoms with Gasteiger partial charge in [0.2, 0.25) is 15.9 Å². The summed E-state index contributed by atoms with van der Waals surface area (Å²) in [4.78, 5) is 13.4. The molecule has 0 spiro atoms. The third-order valence-corrected chi connectivity index (χ3v) is 5.45. The minimum atomic E-state index is -4.86. The summed E-state index contributed by atoms with van der Waals surface area (Å²) in [5.41, 5.74) is 0. The normalized spacial score (nSPS) is 15.7. The van der Waals surface area contributed by atoms with Gasteiger partial charge in [-0.15, -0.1) is 25.6 Å². The molecule has 27 heavy (non-hydrogen) atoms. The molecule has 0 unspecified atom stereocenters. The van der Waals surface area contributed by atoms with Gasteiger partial charge < -0.3 is 15.0 Å². The second-order valence-electron chi connectivity index (χ2n) is 5.83. The Balaban J connectivity index is 0.00000364. The highest BCUT2D eigenvalue weighted by Gasteiger charge is 2.31. The summed E-state index contributed by atoms with van der Waals surface area (Å²) in [5, 5.41) is 3.17. The van der Waals surface area contributed by atoms with Crippen LogP contribution in [0.25, 0.3) is 0 Å². The zero-order chi connectivity index (χ0) is 19.4. The van der Waals surface area contributed by atoms with Gasteiger partial charge in [-0.3, -0.25) is 4.79 Å². The lowest BCUT2D eigenvalue weighted by atomic mass is 10.1. The first-order valence-electron chi connectivity index (χ1n) is 7.90. The fraction of sp³-hybridized carbons (Fsp3) is 0.533. The maximum atomic E-state index is 12.2. The predicted octanol–water partition coefficient (Wildman–Crippen LogP) is 1.50. The highest BCUT2D eigenvalue weighted by atomic mass is 35.5. The topological polar surface area (TPSA) is 87.7 Å². The molecule has 0 aromatic heterocycles. The number of hydrogen-bond acceptors (Lipinski definition) is 5. The van der Waals surface area contributed by atoms with E-state index in [9.17, 15) is 26.4 Å². The van der Waals surface area contributed by atoms with Crippen molar-refractivity contribution in [2.45, 2.75) is 30.1 Å². The van der Waals surface area contributed by atoms with Crippen molar-refractivity contribution in [2.24, 2.45) is 0 Å². The Bertz CT molecular complexity index is 723. The van der Waals surface area contributed by atoms with Gasteiger partial charge in [0.05, 0.1) is 11.4 Å². The predicted molar refractivity (Wildman–Crippen MR) is 94.2 cm³/mol. The molecule has 0 saturated carbocycles. The monoisotopic (exact) mass is 431 g/mol. The average Bonchev–Trinajstić information content (AvgIpc) is 2.59. The Morgan fingerprint density at radius 3 is 2.33 bits per heavy atom. The number of piperidine rings is 1. The van der Waals surface area contributed by atoms with Gasteiger partial charge in [-0.1, -0.05) is 0 Å². The van der Waals surface area contributed by atoms with Gasteiger partial charge in [0.1, 0.15) is 5.75 Å². The Morgan fingerprint density at radius 1 is 1.26 bits per heavy atom. The van der Waals surface area contributed by atoms with E-state index in [2.05, 4.69) is 14.8 Å². The molecule has 154 valence electrons. The number of nitrogens with zero attached hydrogens (tertiary/aromatic N) is 1. The van der Waals surface area contributed by atoms with E-state index in [1.807, 2.05) is 0 Å². The number of rotatable bonds is 6. The van der Waals surface area contributed by atoms with Gasteiger partial charge in [0.15, 0.2) is 0 Å². The number of carbonyl (C=O) groups is 1. The van der Waals surface area contributed by atoms with Crippen molar-refractivity contribution in [1.82, 2.24) is 14.9 Å². The number of alkyl halides is 3. The van der Waals surface area contributed by atoms with Crippen molar-refractivity contribution in [3.05, 3.63) is 24.3 Å². The van der Waals surface area contributed by atoms with Crippen LogP contribution in [0.3, 0.4) is 0 Å². The Morgan fingerprint density at radius 2 is 1.81 bits per heavy atom. The molecule has 1 aliphatic rings. The molecule has 1 aliphatic heterocycles. The van der Waals surface area contributed by atoms with E-state index in [0.29, 0.717) is 0 Å². The molecule has 1 heterocycles. The summed E-state index contributed by atoms with van der Waals surface area (Å²) >= 11 is 0. The van der Waals surface area contributed by atoms with Gasteiger partial charge in [0.25, 0.3) is 0 Å². The van der Waals surface area contributed by atoms with E-state index in [1.54, 1.807) is 7.05 Å².